The van der Waals surface area contributed by atoms with E-state index in [9.17, 15) is 9.59 Å². The number of nitrogens with one attached hydrogen (secondary N) is 1. The number of unbranched alkanes of at least 4 members (excludes halogenated alkanes) is 1. The lowest BCUT2D eigenvalue weighted by Crippen LogP contribution is -2.49. The van der Waals surface area contributed by atoms with Gasteiger partial charge in [0, 0.05) is 37.3 Å². The molecule has 5 heteroatoms. The first-order valence-electron chi connectivity index (χ1n) is 9.75. The van der Waals surface area contributed by atoms with Gasteiger partial charge in [0.05, 0.1) is 0 Å². The van der Waals surface area contributed by atoms with Crippen LogP contribution in [0.25, 0.3) is 0 Å². The SMILES string of the molecule is CCCCc1ccc(C(=O)N2CCCN(C(=O)NC(C)(C)C)CC2)cc1. The number of carbonyl (C=O) groups is 2. The predicted molar refractivity (Wildman–Crippen MR) is 105 cm³/mol. The fourth-order valence-corrected chi connectivity index (χ4v) is 3.10. The second-order valence-corrected chi connectivity index (χ2v) is 8.11. The highest BCUT2D eigenvalue weighted by Crippen LogP contribution is 2.13. The summed E-state index contributed by atoms with van der Waals surface area (Å²) in [5, 5.41) is 3.00. The predicted octanol–water partition coefficient (Wildman–Crippen LogP) is 3.69. The second kappa shape index (κ2) is 9.06. The maximum Gasteiger partial charge on any atom is 0.317 e. The van der Waals surface area contributed by atoms with E-state index < -0.39 is 0 Å². The quantitative estimate of drug-likeness (QED) is 0.891. The molecule has 1 aliphatic rings. The van der Waals surface area contributed by atoms with Crippen molar-refractivity contribution >= 4 is 11.9 Å². The Kier molecular flexibility index (Phi) is 7.06. The Morgan fingerprint density at radius 2 is 1.62 bits per heavy atom. The third-order valence-corrected chi connectivity index (χ3v) is 4.57. The van der Waals surface area contributed by atoms with E-state index >= 15 is 0 Å². The van der Waals surface area contributed by atoms with Gasteiger partial charge in [-0.2, -0.15) is 0 Å². The van der Waals surface area contributed by atoms with Crippen molar-refractivity contribution in [2.24, 2.45) is 0 Å². The van der Waals surface area contributed by atoms with Crippen LogP contribution in [-0.2, 0) is 6.42 Å². The zero-order valence-electron chi connectivity index (χ0n) is 16.7. The fourth-order valence-electron chi connectivity index (χ4n) is 3.10. The molecule has 0 saturated carbocycles. The molecule has 1 fully saturated rings. The summed E-state index contributed by atoms with van der Waals surface area (Å²) in [6.07, 6.45) is 4.21. The molecule has 1 saturated heterocycles. The Bertz CT molecular complexity index is 605. The van der Waals surface area contributed by atoms with Crippen molar-refractivity contribution in [3.8, 4) is 0 Å². The molecule has 1 heterocycles. The summed E-state index contributed by atoms with van der Waals surface area (Å²) in [5.41, 5.74) is 1.76. The Hall–Kier alpha value is -2.04. The van der Waals surface area contributed by atoms with Gasteiger partial charge < -0.3 is 15.1 Å². The Morgan fingerprint density at radius 1 is 1.00 bits per heavy atom. The van der Waals surface area contributed by atoms with Crippen LogP contribution in [0.3, 0.4) is 0 Å². The van der Waals surface area contributed by atoms with E-state index in [1.54, 1.807) is 0 Å². The number of hydrogen-bond donors (Lipinski definition) is 1. The second-order valence-electron chi connectivity index (χ2n) is 8.11. The molecule has 5 nitrogen and oxygen atoms in total. The molecule has 1 aromatic rings. The van der Waals surface area contributed by atoms with Crippen LogP contribution in [-0.4, -0.2) is 53.5 Å². The molecule has 0 bridgehead atoms. The van der Waals surface area contributed by atoms with Crippen molar-refractivity contribution in [3.05, 3.63) is 35.4 Å². The van der Waals surface area contributed by atoms with Crippen molar-refractivity contribution in [3.63, 3.8) is 0 Å². The number of urea groups is 1. The summed E-state index contributed by atoms with van der Waals surface area (Å²) in [4.78, 5) is 28.8. The number of hydrogen-bond acceptors (Lipinski definition) is 2. The van der Waals surface area contributed by atoms with Crippen LogP contribution in [0.4, 0.5) is 4.79 Å². The van der Waals surface area contributed by atoms with Crippen molar-refractivity contribution in [1.82, 2.24) is 15.1 Å². The molecule has 2 rings (SSSR count). The van der Waals surface area contributed by atoms with E-state index in [4.69, 9.17) is 0 Å². The molecule has 1 aromatic carbocycles. The molecule has 0 aliphatic carbocycles. The fraction of sp³-hybridized carbons (Fsp3) is 0.619. The number of carbonyl (C=O) groups excluding carboxylic acids is 2. The van der Waals surface area contributed by atoms with E-state index in [2.05, 4.69) is 24.4 Å². The molecule has 1 aliphatic heterocycles. The molecule has 26 heavy (non-hydrogen) atoms. The molecular formula is C21H33N3O2. The highest BCUT2D eigenvalue weighted by molar-refractivity contribution is 5.94. The minimum absolute atomic E-state index is 0.0490. The molecule has 3 amide bonds. The lowest BCUT2D eigenvalue weighted by Gasteiger charge is -2.27. The van der Waals surface area contributed by atoms with Crippen molar-refractivity contribution in [2.45, 2.75) is 58.9 Å². The van der Waals surface area contributed by atoms with Crippen LogP contribution in [0.15, 0.2) is 24.3 Å². The van der Waals surface area contributed by atoms with Gasteiger partial charge in [-0.3, -0.25) is 4.79 Å². The molecule has 0 spiro atoms. The van der Waals surface area contributed by atoms with Crippen LogP contribution >= 0.6 is 0 Å². The standard InChI is InChI=1S/C21H33N3O2/c1-5-6-8-17-9-11-18(12-10-17)19(25)23-13-7-14-24(16-15-23)20(26)22-21(2,3)4/h9-12H,5-8,13-16H2,1-4H3,(H,22,26). The van der Waals surface area contributed by atoms with Crippen LogP contribution in [0, 0.1) is 0 Å². The van der Waals surface area contributed by atoms with Gasteiger partial charge in [0.15, 0.2) is 0 Å². The normalized spacial score (nSPS) is 15.5. The smallest absolute Gasteiger partial charge is 0.317 e. The van der Waals surface area contributed by atoms with Gasteiger partial charge in [-0.15, -0.1) is 0 Å². The van der Waals surface area contributed by atoms with Gasteiger partial charge in [-0.05, 0) is 57.7 Å². The van der Waals surface area contributed by atoms with Gasteiger partial charge >= 0.3 is 6.03 Å². The van der Waals surface area contributed by atoms with Crippen LogP contribution in [0.1, 0.15) is 62.9 Å². The van der Waals surface area contributed by atoms with Gasteiger partial charge in [0.1, 0.15) is 0 Å². The van der Waals surface area contributed by atoms with E-state index in [1.165, 1.54) is 18.4 Å². The topological polar surface area (TPSA) is 52.7 Å². The first kappa shape index (κ1) is 20.3. The average Bonchev–Trinajstić information content (AvgIpc) is 2.84. The molecule has 0 unspecified atom stereocenters. The van der Waals surface area contributed by atoms with E-state index in [-0.39, 0.29) is 17.5 Å². The minimum Gasteiger partial charge on any atom is -0.337 e. The first-order chi connectivity index (χ1) is 12.3. The lowest BCUT2D eigenvalue weighted by atomic mass is 10.1. The van der Waals surface area contributed by atoms with Crippen molar-refractivity contribution in [1.29, 1.82) is 0 Å². The molecule has 0 atom stereocenters. The molecular weight excluding hydrogens is 326 g/mol. The third kappa shape index (κ3) is 6.04. The van der Waals surface area contributed by atoms with Gasteiger partial charge in [0.25, 0.3) is 5.91 Å². The Morgan fingerprint density at radius 3 is 2.23 bits per heavy atom. The first-order valence-corrected chi connectivity index (χ1v) is 9.75. The Labute approximate surface area is 157 Å². The van der Waals surface area contributed by atoms with E-state index in [0.29, 0.717) is 26.2 Å². The Balaban J connectivity index is 1.93. The zero-order valence-corrected chi connectivity index (χ0v) is 16.7. The maximum atomic E-state index is 12.8. The lowest BCUT2D eigenvalue weighted by molar-refractivity contribution is 0.0762. The molecule has 1 N–H and O–H groups in total. The van der Waals surface area contributed by atoms with Gasteiger partial charge in [0.2, 0.25) is 0 Å². The number of nitrogens with zero attached hydrogens (tertiary/aromatic N) is 2. The highest BCUT2D eigenvalue weighted by atomic mass is 16.2. The molecule has 0 radical (unpaired) electrons. The minimum atomic E-state index is -0.252. The van der Waals surface area contributed by atoms with E-state index in [0.717, 1.165) is 18.4 Å². The number of rotatable bonds is 4. The number of aryl methyl sites for hydroxylation is 1. The van der Waals surface area contributed by atoms with Crippen LogP contribution < -0.4 is 5.32 Å². The van der Waals surface area contributed by atoms with Gasteiger partial charge in [-0.25, -0.2) is 4.79 Å². The van der Waals surface area contributed by atoms with Gasteiger partial charge in [-0.1, -0.05) is 25.5 Å². The largest absolute Gasteiger partial charge is 0.337 e. The zero-order chi connectivity index (χ0) is 19.2. The van der Waals surface area contributed by atoms with E-state index in [1.807, 2.05) is 42.7 Å². The summed E-state index contributed by atoms with van der Waals surface area (Å²) in [5.74, 6) is 0.0603. The molecule has 144 valence electrons. The summed E-state index contributed by atoms with van der Waals surface area (Å²) >= 11 is 0. The summed E-state index contributed by atoms with van der Waals surface area (Å²) < 4.78 is 0. The monoisotopic (exact) mass is 359 g/mol. The summed E-state index contributed by atoms with van der Waals surface area (Å²) in [7, 11) is 0. The average molecular weight is 360 g/mol. The summed E-state index contributed by atoms with van der Waals surface area (Å²) in [6, 6.07) is 7.94. The third-order valence-electron chi connectivity index (χ3n) is 4.57. The van der Waals surface area contributed by atoms with Crippen LogP contribution in [0.5, 0.6) is 0 Å². The highest BCUT2D eigenvalue weighted by Gasteiger charge is 2.24. The van der Waals surface area contributed by atoms with Crippen LogP contribution in [0.2, 0.25) is 0 Å². The number of amides is 3. The van der Waals surface area contributed by atoms with Crippen molar-refractivity contribution < 1.29 is 9.59 Å². The molecule has 0 aromatic heterocycles. The van der Waals surface area contributed by atoms with Crippen molar-refractivity contribution in [2.75, 3.05) is 26.2 Å². The number of benzene rings is 1. The summed E-state index contributed by atoms with van der Waals surface area (Å²) in [6.45, 7) is 10.6. The maximum absolute atomic E-state index is 12.8.